The lowest BCUT2D eigenvalue weighted by molar-refractivity contribution is 0.832. The zero-order valence-corrected chi connectivity index (χ0v) is 15.9. The minimum Gasteiger partial charge on any atom is -0.299 e. The van der Waals surface area contributed by atoms with Gasteiger partial charge in [0.2, 0.25) is 0 Å². The van der Waals surface area contributed by atoms with Crippen molar-refractivity contribution in [2.24, 2.45) is 0 Å². The van der Waals surface area contributed by atoms with E-state index in [-0.39, 0.29) is 0 Å². The van der Waals surface area contributed by atoms with Gasteiger partial charge < -0.3 is 0 Å². The Morgan fingerprint density at radius 2 is 1.30 bits per heavy atom. The van der Waals surface area contributed by atoms with Crippen LogP contribution in [0.1, 0.15) is 0 Å². The maximum atomic E-state index is 4.70. The zero-order chi connectivity index (χ0) is 19.7. The number of rotatable bonds is 1. The molecule has 0 spiro atoms. The molecule has 0 aliphatic heterocycles. The van der Waals surface area contributed by atoms with Crippen molar-refractivity contribution in [2.45, 2.75) is 0 Å². The summed E-state index contributed by atoms with van der Waals surface area (Å²) in [5.74, 6) is 0. The van der Waals surface area contributed by atoms with Gasteiger partial charge in [0.25, 0.3) is 0 Å². The van der Waals surface area contributed by atoms with Crippen molar-refractivity contribution >= 4 is 49.1 Å². The molecule has 7 aromatic rings. The first-order chi connectivity index (χ1) is 14.9. The Balaban J connectivity index is 1.75. The second kappa shape index (κ2) is 5.64. The molecule has 0 aliphatic carbocycles. The Morgan fingerprint density at radius 1 is 0.633 bits per heavy atom. The van der Waals surface area contributed by atoms with Crippen molar-refractivity contribution in [3.8, 4) is 5.69 Å². The summed E-state index contributed by atoms with van der Waals surface area (Å²) < 4.78 is 4.08. The number of hydrogen-bond donors (Lipinski definition) is 0. The summed E-state index contributed by atoms with van der Waals surface area (Å²) in [6.45, 7) is 0. The van der Waals surface area contributed by atoms with Crippen LogP contribution in [-0.2, 0) is 0 Å². The zero-order valence-electron chi connectivity index (χ0n) is 15.9. The van der Waals surface area contributed by atoms with Gasteiger partial charge in [-0.1, -0.05) is 71.9 Å². The van der Waals surface area contributed by atoms with E-state index in [0.29, 0.717) is 0 Å². The van der Waals surface area contributed by atoms with Crippen LogP contribution < -0.4 is 0 Å². The standard InChI is InChI=1S/C25H15N5/c1-3-10-18-16(8-1)17-9-2-4-11-19(17)23-22(18)27-28-30(23)24-20-12-5-6-13-21(20)29-15-7-14-26-25(24)29/h1-15H. The summed E-state index contributed by atoms with van der Waals surface area (Å²) >= 11 is 0. The molecule has 0 aliphatic rings. The lowest BCUT2D eigenvalue weighted by Gasteiger charge is -2.08. The van der Waals surface area contributed by atoms with E-state index in [4.69, 9.17) is 4.98 Å². The molecule has 5 nitrogen and oxygen atoms in total. The van der Waals surface area contributed by atoms with Crippen LogP contribution in [0.4, 0.5) is 0 Å². The molecule has 30 heavy (non-hydrogen) atoms. The first-order valence-electron chi connectivity index (χ1n) is 9.91. The minimum absolute atomic E-state index is 0.864. The molecule has 140 valence electrons. The highest BCUT2D eigenvalue weighted by molar-refractivity contribution is 6.23. The van der Waals surface area contributed by atoms with Gasteiger partial charge in [-0.3, -0.25) is 4.40 Å². The molecule has 0 saturated heterocycles. The number of fused-ring (bicyclic) bond motifs is 9. The van der Waals surface area contributed by atoms with Gasteiger partial charge in [-0.2, -0.15) is 0 Å². The maximum Gasteiger partial charge on any atom is 0.164 e. The highest BCUT2D eigenvalue weighted by Gasteiger charge is 2.20. The van der Waals surface area contributed by atoms with Crippen LogP contribution in [-0.4, -0.2) is 24.4 Å². The van der Waals surface area contributed by atoms with Crippen molar-refractivity contribution in [2.75, 3.05) is 0 Å². The molecule has 0 radical (unpaired) electrons. The average Bonchev–Trinajstić information content (AvgIpc) is 3.39. The summed E-state index contributed by atoms with van der Waals surface area (Å²) in [7, 11) is 0. The smallest absolute Gasteiger partial charge is 0.164 e. The van der Waals surface area contributed by atoms with Gasteiger partial charge in [-0.05, 0) is 22.9 Å². The van der Waals surface area contributed by atoms with E-state index < -0.39 is 0 Å². The number of aromatic nitrogens is 5. The summed E-state index contributed by atoms with van der Waals surface area (Å²) in [4.78, 5) is 4.70. The van der Waals surface area contributed by atoms with Crippen LogP contribution in [0.15, 0.2) is 91.3 Å². The fourth-order valence-electron chi connectivity index (χ4n) is 4.66. The highest BCUT2D eigenvalue weighted by Crippen LogP contribution is 2.37. The molecule has 0 atom stereocenters. The van der Waals surface area contributed by atoms with Gasteiger partial charge in [0.15, 0.2) is 5.65 Å². The second-order valence-corrected chi connectivity index (χ2v) is 7.47. The number of nitrogens with zero attached hydrogens (tertiary/aromatic N) is 5. The van der Waals surface area contributed by atoms with E-state index in [2.05, 4.69) is 81.4 Å². The van der Waals surface area contributed by atoms with Gasteiger partial charge in [0.05, 0.1) is 5.52 Å². The van der Waals surface area contributed by atoms with Gasteiger partial charge in [-0.15, -0.1) is 5.10 Å². The normalized spacial score (nSPS) is 12.0. The Kier molecular flexibility index (Phi) is 2.94. The molecule has 7 rings (SSSR count). The fraction of sp³-hybridized carbons (Fsp3) is 0. The third-order valence-corrected chi connectivity index (χ3v) is 5.91. The predicted molar refractivity (Wildman–Crippen MR) is 120 cm³/mol. The lowest BCUT2D eigenvalue weighted by Crippen LogP contribution is -1.98. The van der Waals surface area contributed by atoms with Crippen molar-refractivity contribution < 1.29 is 0 Å². The molecule has 0 unspecified atom stereocenters. The number of para-hydroxylation sites is 1. The van der Waals surface area contributed by atoms with Crippen LogP contribution in [0.5, 0.6) is 0 Å². The molecule has 0 amide bonds. The largest absolute Gasteiger partial charge is 0.299 e. The van der Waals surface area contributed by atoms with Crippen molar-refractivity contribution in [3.05, 3.63) is 91.3 Å². The van der Waals surface area contributed by atoms with Gasteiger partial charge in [0, 0.05) is 28.6 Å². The van der Waals surface area contributed by atoms with Gasteiger partial charge in [-0.25, -0.2) is 9.67 Å². The van der Waals surface area contributed by atoms with Crippen LogP contribution in [0, 0.1) is 0 Å². The average molecular weight is 385 g/mol. The Morgan fingerprint density at radius 3 is 2.13 bits per heavy atom. The third kappa shape index (κ3) is 1.89. The van der Waals surface area contributed by atoms with E-state index in [9.17, 15) is 0 Å². The van der Waals surface area contributed by atoms with Crippen molar-refractivity contribution in [1.29, 1.82) is 0 Å². The summed E-state index contributed by atoms with van der Waals surface area (Å²) in [6, 6.07) is 27.2. The molecule has 5 heteroatoms. The fourth-order valence-corrected chi connectivity index (χ4v) is 4.66. The molecular weight excluding hydrogens is 370 g/mol. The Hall–Kier alpha value is -4.25. The lowest BCUT2D eigenvalue weighted by atomic mass is 10.00. The monoisotopic (exact) mass is 385 g/mol. The molecule has 3 aromatic heterocycles. The van der Waals surface area contributed by atoms with E-state index in [1.807, 2.05) is 29.2 Å². The first kappa shape index (κ1) is 15.6. The summed E-state index contributed by atoms with van der Waals surface area (Å²) in [6.07, 6.45) is 3.87. The molecular formula is C25H15N5. The van der Waals surface area contributed by atoms with Crippen molar-refractivity contribution in [1.82, 2.24) is 24.4 Å². The molecule has 4 aromatic carbocycles. The topological polar surface area (TPSA) is 48.0 Å². The minimum atomic E-state index is 0.864. The SMILES string of the molecule is c1ccc2c(c1)c(-n1nnc3c4ccccc4c4ccccc4c31)c1ncccn12. The Bertz CT molecular complexity index is 1700. The van der Waals surface area contributed by atoms with E-state index >= 15 is 0 Å². The van der Waals surface area contributed by atoms with E-state index in [1.165, 1.54) is 10.8 Å². The third-order valence-electron chi connectivity index (χ3n) is 5.91. The van der Waals surface area contributed by atoms with Crippen molar-refractivity contribution in [3.63, 3.8) is 0 Å². The number of hydrogen-bond acceptors (Lipinski definition) is 3. The quantitative estimate of drug-likeness (QED) is 0.349. The predicted octanol–water partition coefficient (Wildman–Crippen LogP) is 5.53. The van der Waals surface area contributed by atoms with Crippen LogP contribution >= 0.6 is 0 Å². The highest BCUT2D eigenvalue weighted by atomic mass is 15.4. The molecule has 0 N–H and O–H groups in total. The number of benzene rings is 4. The molecule has 0 fully saturated rings. The Labute approximate surface area is 170 Å². The maximum absolute atomic E-state index is 4.70. The summed E-state index contributed by atoms with van der Waals surface area (Å²) in [5, 5.41) is 15.0. The summed E-state index contributed by atoms with van der Waals surface area (Å²) in [5.41, 5.74) is 4.83. The molecule has 0 bridgehead atoms. The first-order valence-corrected chi connectivity index (χ1v) is 9.91. The van der Waals surface area contributed by atoms with Crippen LogP contribution in [0.2, 0.25) is 0 Å². The van der Waals surface area contributed by atoms with E-state index in [1.54, 1.807) is 0 Å². The van der Waals surface area contributed by atoms with Gasteiger partial charge >= 0.3 is 0 Å². The molecule has 0 saturated carbocycles. The van der Waals surface area contributed by atoms with Gasteiger partial charge in [0.1, 0.15) is 16.7 Å². The van der Waals surface area contributed by atoms with Crippen LogP contribution in [0.25, 0.3) is 54.8 Å². The van der Waals surface area contributed by atoms with Crippen LogP contribution in [0.3, 0.4) is 0 Å². The second-order valence-electron chi connectivity index (χ2n) is 7.47. The van der Waals surface area contributed by atoms with E-state index in [0.717, 1.165) is 44.0 Å². The molecule has 3 heterocycles.